The van der Waals surface area contributed by atoms with E-state index in [1.54, 1.807) is 19.1 Å². The second-order valence-corrected chi connectivity index (χ2v) is 7.75. The second-order valence-electron chi connectivity index (χ2n) is 6.71. The zero-order chi connectivity index (χ0) is 22.2. The van der Waals surface area contributed by atoms with Crippen LogP contribution in [0.5, 0.6) is 0 Å². The Morgan fingerprint density at radius 1 is 1.10 bits per heavy atom. The molecule has 0 aliphatic carbocycles. The number of nitrogens with one attached hydrogen (secondary N) is 1. The van der Waals surface area contributed by atoms with Crippen molar-refractivity contribution in [2.24, 2.45) is 16.5 Å². The van der Waals surface area contributed by atoms with E-state index in [1.165, 1.54) is 11.8 Å². The van der Waals surface area contributed by atoms with Gasteiger partial charge in [-0.3, -0.25) is 4.79 Å². The third kappa shape index (κ3) is 6.68. The number of anilines is 1. The normalized spacial score (nSPS) is 11.9. The maximum absolute atomic E-state index is 11.6. The van der Waals surface area contributed by atoms with E-state index in [2.05, 4.69) is 20.3 Å². The first-order chi connectivity index (χ1) is 14.9. The summed E-state index contributed by atoms with van der Waals surface area (Å²) in [6, 6.07) is 19.1. The highest BCUT2D eigenvalue weighted by Gasteiger charge is 2.09. The van der Waals surface area contributed by atoms with Gasteiger partial charge in [0, 0.05) is 34.3 Å². The molecule has 0 saturated heterocycles. The predicted octanol–water partition coefficient (Wildman–Crippen LogP) is 4.49. The molecule has 3 rings (SSSR count). The molecule has 1 heterocycles. The Kier molecular flexibility index (Phi) is 7.40. The summed E-state index contributed by atoms with van der Waals surface area (Å²) in [4.78, 5) is 26.1. The summed E-state index contributed by atoms with van der Waals surface area (Å²) in [6.45, 7) is 3.56. The minimum atomic E-state index is -0.0267. The summed E-state index contributed by atoms with van der Waals surface area (Å²) in [5, 5.41) is 3.37. The van der Waals surface area contributed by atoms with Gasteiger partial charge >= 0.3 is 0 Å². The number of rotatable bonds is 7. The Morgan fingerprint density at radius 2 is 1.81 bits per heavy atom. The first-order valence-corrected chi connectivity index (χ1v) is 10.5. The largest absolute Gasteiger partial charge is 0.402 e. The monoisotopic (exact) mass is 432 g/mol. The number of nitrogens with zero attached hydrogens (tertiary/aromatic N) is 3. The maximum Gasteiger partial charge on any atom is 0.224 e. The lowest BCUT2D eigenvalue weighted by atomic mass is 10.1. The summed E-state index contributed by atoms with van der Waals surface area (Å²) in [7, 11) is 0. The third-order valence-corrected chi connectivity index (χ3v) is 4.92. The van der Waals surface area contributed by atoms with Crippen molar-refractivity contribution in [3.8, 4) is 11.3 Å². The van der Waals surface area contributed by atoms with Gasteiger partial charge in [0.1, 0.15) is 5.84 Å². The highest BCUT2D eigenvalue weighted by molar-refractivity contribution is 7.99. The molecular weight excluding hydrogens is 408 g/mol. The molecule has 0 saturated carbocycles. The van der Waals surface area contributed by atoms with Crippen molar-refractivity contribution < 1.29 is 4.79 Å². The predicted molar refractivity (Wildman–Crippen MR) is 126 cm³/mol. The minimum absolute atomic E-state index is 0.0267. The van der Waals surface area contributed by atoms with Gasteiger partial charge in [-0.2, -0.15) is 0 Å². The fourth-order valence-electron chi connectivity index (χ4n) is 2.63. The van der Waals surface area contributed by atoms with Crippen molar-refractivity contribution >= 4 is 35.0 Å². The van der Waals surface area contributed by atoms with Crippen LogP contribution >= 0.6 is 11.8 Å². The molecule has 0 spiro atoms. The summed E-state index contributed by atoms with van der Waals surface area (Å²) >= 11 is 1.40. The van der Waals surface area contributed by atoms with Crippen molar-refractivity contribution in [1.82, 2.24) is 9.97 Å². The number of hydrogen-bond acceptors (Lipinski definition) is 6. The zero-order valence-electron chi connectivity index (χ0n) is 17.4. The minimum Gasteiger partial charge on any atom is -0.402 e. The maximum atomic E-state index is 11.6. The van der Waals surface area contributed by atoms with Crippen molar-refractivity contribution in [3.63, 3.8) is 0 Å². The Labute approximate surface area is 185 Å². The van der Waals surface area contributed by atoms with E-state index in [0.717, 1.165) is 21.8 Å². The van der Waals surface area contributed by atoms with Gasteiger partial charge in [0.25, 0.3) is 0 Å². The Hall–Kier alpha value is -3.65. The van der Waals surface area contributed by atoms with Crippen LogP contribution in [0.25, 0.3) is 11.3 Å². The molecule has 31 heavy (non-hydrogen) atoms. The van der Waals surface area contributed by atoms with Gasteiger partial charge in [-0.15, -0.1) is 0 Å². The molecule has 1 amide bonds. The van der Waals surface area contributed by atoms with Crippen LogP contribution in [0.1, 0.15) is 20.3 Å². The smallest absolute Gasteiger partial charge is 0.224 e. The van der Waals surface area contributed by atoms with Gasteiger partial charge < -0.3 is 16.8 Å². The van der Waals surface area contributed by atoms with Crippen LogP contribution in [0, 0.1) is 0 Å². The van der Waals surface area contributed by atoms with Crippen molar-refractivity contribution in [2.75, 3.05) is 5.32 Å². The first-order valence-electron chi connectivity index (χ1n) is 9.73. The fourth-order valence-corrected chi connectivity index (χ4v) is 3.40. The lowest BCUT2D eigenvalue weighted by Crippen LogP contribution is -2.10. The molecule has 2 aromatic carbocycles. The average Bonchev–Trinajstić information content (AvgIpc) is 2.75. The molecule has 0 aliphatic rings. The summed E-state index contributed by atoms with van der Waals surface area (Å²) in [5.41, 5.74) is 14.6. The quantitative estimate of drug-likeness (QED) is 0.287. The van der Waals surface area contributed by atoms with Crippen molar-refractivity contribution in [3.05, 3.63) is 72.4 Å². The molecule has 0 fully saturated rings. The number of hydrogen-bond donors (Lipinski definition) is 3. The molecular formula is C23H24N6OS. The topological polar surface area (TPSA) is 119 Å². The summed E-state index contributed by atoms with van der Waals surface area (Å²) < 4.78 is 0. The standard InChI is InChI=1S/C23H24N6OS/c1-3-22(30)26-17-9-11-18(12-10-17)31-23-27-19(16-7-5-4-6-8-16)14-21(29-23)28-20(25)13-15(2)24/h4-14H,3,24H2,1-2H3,(H,26,30)(H2,25,27,28,29)/b15-13-. The van der Waals surface area contributed by atoms with Crippen LogP contribution < -0.4 is 16.8 Å². The molecule has 3 aromatic rings. The number of carbonyl (C=O) groups is 1. The van der Waals surface area contributed by atoms with E-state index in [9.17, 15) is 4.79 Å². The van der Waals surface area contributed by atoms with Crippen molar-refractivity contribution in [2.45, 2.75) is 30.3 Å². The number of aliphatic imine (C=N–C) groups is 1. The number of carbonyl (C=O) groups excluding carboxylic acids is 1. The molecule has 7 nitrogen and oxygen atoms in total. The lowest BCUT2D eigenvalue weighted by molar-refractivity contribution is -0.115. The van der Waals surface area contributed by atoms with E-state index in [4.69, 9.17) is 11.5 Å². The molecule has 0 bridgehead atoms. The van der Waals surface area contributed by atoms with Gasteiger partial charge in [0.15, 0.2) is 11.0 Å². The van der Waals surface area contributed by atoms with Crippen molar-refractivity contribution in [1.29, 1.82) is 0 Å². The molecule has 0 radical (unpaired) electrons. The molecule has 1 aromatic heterocycles. The Morgan fingerprint density at radius 3 is 2.45 bits per heavy atom. The van der Waals surface area contributed by atoms with Crippen LogP contribution in [-0.4, -0.2) is 21.7 Å². The highest BCUT2D eigenvalue weighted by Crippen LogP contribution is 2.30. The van der Waals surface area contributed by atoms with Crippen LogP contribution in [0.15, 0.2) is 87.5 Å². The van der Waals surface area contributed by atoms with Gasteiger partial charge in [-0.1, -0.05) is 37.3 Å². The van der Waals surface area contributed by atoms with E-state index in [1.807, 2.05) is 61.5 Å². The number of benzene rings is 2. The summed E-state index contributed by atoms with van der Waals surface area (Å²) in [5.74, 6) is 0.684. The molecule has 0 aliphatic heterocycles. The van der Waals surface area contributed by atoms with Crippen LogP contribution in [0.2, 0.25) is 0 Å². The van der Waals surface area contributed by atoms with Gasteiger partial charge in [-0.05, 0) is 49.0 Å². The van der Waals surface area contributed by atoms with Gasteiger partial charge in [0.2, 0.25) is 5.91 Å². The lowest BCUT2D eigenvalue weighted by Gasteiger charge is -2.08. The van der Waals surface area contributed by atoms with Crippen LogP contribution in [0.3, 0.4) is 0 Å². The highest BCUT2D eigenvalue weighted by atomic mass is 32.2. The zero-order valence-corrected chi connectivity index (χ0v) is 18.2. The first kappa shape index (κ1) is 22.0. The summed E-state index contributed by atoms with van der Waals surface area (Å²) in [6.07, 6.45) is 2.02. The van der Waals surface area contributed by atoms with E-state index in [0.29, 0.717) is 23.1 Å². The van der Waals surface area contributed by atoms with Crippen LogP contribution in [-0.2, 0) is 4.79 Å². The molecule has 5 N–H and O–H groups in total. The molecule has 8 heteroatoms. The average molecular weight is 433 g/mol. The fraction of sp³-hybridized carbons (Fsp3) is 0.130. The SMILES string of the molecule is CCC(=O)Nc1ccc(Sc2nc(N=C(N)/C=C(/C)N)cc(-c3ccccc3)n2)cc1. The molecule has 0 unspecified atom stereocenters. The van der Waals surface area contributed by atoms with E-state index >= 15 is 0 Å². The Bertz CT molecular complexity index is 1110. The number of amides is 1. The Balaban J connectivity index is 1.92. The number of amidine groups is 1. The number of allylic oxidation sites excluding steroid dienone is 1. The third-order valence-electron chi connectivity index (χ3n) is 4.05. The number of nitrogens with two attached hydrogens (primary N) is 2. The van der Waals surface area contributed by atoms with Crippen LogP contribution in [0.4, 0.5) is 11.5 Å². The van der Waals surface area contributed by atoms with E-state index < -0.39 is 0 Å². The molecule has 0 atom stereocenters. The van der Waals surface area contributed by atoms with Gasteiger partial charge in [-0.25, -0.2) is 15.0 Å². The van der Waals surface area contributed by atoms with Gasteiger partial charge in [0.05, 0.1) is 5.69 Å². The van der Waals surface area contributed by atoms with E-state index in [-0.39, 0.29) is 11.7 Å². The number of aromatic nitrogens is 2. The second kappa shape index (κ2) is 10.4. The molecule has 158 valence electrons.